The van der Waals surface area contributed by atoms with Gasteiger partial charge in [-0.3, -0.25) is 0 Å². The summed E-state index contributed by atoms with van der Waals surface area (Å²) in [6.45, 7) is 1.88. The first-order chi connectivity index (χ1) is 10.2. The lowest BCUT2D eigenvalue weighted by molar-refractivity contribution is 0.561. The summed E-state index contributed by atoms with van der Waals surface area (Å²) in [6.07, 6.45) is 3.61. The fourth-order valence-electron chi connectivity index (χ4n) is 3.00. The highest BCUT2D eigenvalue weighted by molar-refractivity contribution is 9.11. The molecule has 0 bridgehead atoms. The average Bonchev–Trinajstić information content (AvgIpc) is 2.99. The number of fused-ring (bicyclic) bond motifs is 2. The monoisotopic (exact) mass is 362 g/mol. The second kappa shape index (κ2) is 5.14. The van der Waals surface area contributed by atoms with Crippen LogP contribution in [-0.2, 0) is 6.42 Å². The number of benzene rings is 1. The maximum atomic E-state index is 5.53. The molecule has 0 spiro atoms. The second-order valence-corrected chi connectivity index (χ2v) is 7.95. The highest BCUT2D eigenvalue weighted by Gasteiger charge is 2.22. The van der Waals surface area contributed by atoms with Crippen molar-refractivity contribution >= 4 is 44.1 Å². The van der Waals surface area contributed by atoms with Crippen LogP contribution in [0, 0.1) is 6.92 Å². The van der Waals surface area contributed by atoms with E-state index in [1.54, 1.807) is 0 Å². The number of hydrogen-bond acceptors (Lipinski definition) is 4. The van der Waals surface area contributed by atoms with Crippen LogP contribution in [0.2, 0.25) is 0 Å². The van der Waals surface area contributed by atoms with Crippen LogP contribution in [0.4, 0.5) is 5.69 Å². The molecule has 21 heavy (non-hydrogen) atoms. The highest BCUT2D eigenvalue weighted by atomic mass is 79.9. The van der Waals surface area contributed by atoms with Crippen LogP contribution in [0.25, 0.3) is 11.1 Å². The van der Waals surface area contributed by atoms with Gasteiger partial charge in [-0.15, -0.1) is 11.3 Å². The molecule has 0 fully saturated rings. The molecule has 108 valence electrons. The van der Waals surface area contributed by atoms with Gasteiger partial charge >= 0.3 is 0 Å². The zero-order valence-electron chi connectivity index (χ0n) is 11.6. The number of nitrogens with zero attached hydrogens (tertiary/aromatic N) is 1. The Morgan fingerprint density at radius 3 is 3.19 bits per heavy atom. The Bertz CT molecular complexity index is 808. The molecule has 3 aromatic rings. The molecule has 0 aliphatic heterocycles. The summed E-state index contributed by atoms with van der Waals surface area (Å²) in [5.74, 6) is 0.712. The van der Waals surface area contributed by atoms with E-state index in [-0.39, 0.29) is 0 Å². The number of aromatic nitrogens is 1. The Hall–Kier alpha value is -1.33. The van der Waals surface area contributed by atoms with Gasteiger partial charge in [0.15, 0.2) is 11.5 Å². The summed E-state index contributed by atoms with van der Waals surface area (Å²) in [6, 6.07) is 8.78. The van der Waals surface area contributed by atoms with E-state index in [4.69, 9.17) is 4.42 Å². The molecule has 1 atom stereocenters. The second-order valence-electron chi connectivity index (χ2n) is 5.43. The predicted molar refractivity (Wildman–Crippen MR) is 90.1 cm³/mol. The van der Waals surface area contributed by atoms with Crippen molar-refractivity contribution in [3.8, 4) is 0 Å². The smallest absolute Gasteiger partial charge is 0.192 e. The molecule has 1 aliphatic carbocycles. The summed E-state index contributed by atoms with van der Waals surface area (Å²) in [5.41, 5.74) is 4.31. The quantitative estimate of drug-likeness (QED) is 0.658. The maximum absolute atomic E-state index is 5.53. The summed E-state index contributed by atoms with van der Waals surface area (Å²) in [4.78, 5) is 5.91. The number of anilines is 1. The summed E-state index contributed by atoms with van der Waals surface area (Å²) in [5, 5.41) is 3.66. The van der Waals surface area contributed by atoms with E-state index in [1.165, 1.54) is 33.5 Å². The van der Waals surface area contributed by atoms with Crippen LogP contribution in [0.3, 0.4) is 0 Å². The van der Waals surface area contributed by atoms with Crippen molar-refractivity contribution in [2.75, 3.05) is 5.32 Å². The minimum Gasteiger partial charge on any atom is -0.441 e. The van der Waals surface area contributed by atoms with Crippen molar-refractivity contribution in [3.05, 3.63) is 44.4 Å². The zero-order chi connectivity index (χ0) is 14.4. The van der Waals surface area contributed by atoms with Crippen molar-refractivity contribution in [1.82, 2.24) is 4.98 Å². The van der Waals surface area contributed by atoms with Crippen LogP contribution in [0.15, 0.2) is 32.5 Å². The molecule has 2 aromatic heterocycles. The molecule has 0 amide bonds. The van der Waals surface area contributed by atoms with Gasteiger partial charge in [-0.05, 0) is 65.0 Å². The first-order valence-corrected chi connectivity index (χ1v) is 8.72. The molecule has 0 saturated heterocycles. The molecule has 1 aliphatic rings. The number of aryl methyl sites for hydroxylation is 2. The summed E-state index contributed by atoms with van der Waals surface area (Å²) < 4.78 is 6.75. The van der Waals surface area contributed by atoms with Crippen LogP contribution in [-0.4, -0.2) is 4.98 Å². The minimum atomic E-state index is 0.391. The topological polar surface area (TPSA) is 38.1 Å². The first kappa shape index (κ1) is 13.3. The molecule has 2 heterocycles. The van der Waals surface area contributed by atoms with E-state index in [1.807, 2.05) is 24.3 Å². The molecule has 0 saturated carbocycles. The van der Waals surface area contributed by atoms with Crippen LogP contribution in [0.1, 0.15) is 35.2 Å². The lowest BCUT2D eigenvalue weighted by Gasteiger charge is -2.24. The number of halogens is 1. The van der Waals surface area contributed by atoms with Gasteiger partial charge in [0.25, 0.3) is 0 Å². The molecular weight excluding hydrogens is 348 g/mol. The third kappa shape index (κ3) is 2.49. The third-order valence-electron chi connectivity index (χ3n) is 3.92. The normalized spacial score (nSPS) is 17.9. The zero-order valence-corrected chi connectivity index (χ0v) is 14.1. The molecular formula is C16H15BrN2OS. The molecule has 1 unspecified atom stereocenters. The Balaban J connectivity index is 1.65. The lowest BCUT2D eigenvalue weighted by atomic mass is 9.94. The van der Waals surface area contributed by atoms with Gasteiger partial charge in [0.2, 0.25) is 0 Å². The van der Waals surface area contributed by atoms with E-state index in [0.29, 0.717) is 11.9 Å². The van der Waals surface area contributed by atoms with Gasteiger partial charge in [0.1, 0.15) is 5.52 Å². The van der Waals surface area contributed by atoms with Gasteiger partial charge < -0.3 is 9.73 Å². The van der Waals surface area contributed by atoms with E-state index in [2.05, 4.69) is 44.4 Å². The number of nitrogens with one attached hydrogen (secondary N) is 1. The van der Waals surface area contributed by atoms with E-state index in [9.17, 15) is 0 Å². The first-order valence-electron chi connectivity index (χ1n) is 7.11. The summed E-state index contributed by atoms with van der Waals surface area (Å²) in [7, 11) is 0. The van der Waals surface area contributed by atoms with E-state index >= 15 is 0 Å². The Morgan fingerprint density at radius 2 is 2.29 bits per heavy atom. The fourth-order valence-corrected chi connectivity index (χ4v) is 4.82. The number of rotatable bonds is 2. The van der Waals surface area contributed by atoms with Crippen molar-refractivity contribution in [2.45, 2.75) is 32.2 Å². The molecule has 5 heteroatoms. The van der Waals surface area contributed by atoms with Gasteiger partial charge in [-0.2, -0.15) is 0 Å². The average molecular weight is 363 g/mol. The van der Waals surface area contributed by atoms with Crippen molar-refractivity contribution in [2.24, 2.45) is 0 Å². The van der Waals surface area contributed by atoms with E-state index < -0.39 is 0 Å². The number of thiophene rings is 1. The van der Waals surface area contributed by atoms with Crippen molar-refractivity contribution in [1.29, 1.82) is 0 Å². The standard InChI is InChI=1S/C16H15BrN2OS/c1-9-18-13-7-10(5-6-14(13)20-9)19-12-3-2-4-15-11(12)8-16(17)21-15/h5-8,12,19H,2-4H2,1H3. The molecule has 4 rings (SSSR count). The van der Waals surface area contributed by atoms with Gasteiger partial charge in [0, 0.05) is 17.5 Å². The molecule has 0 radical (unpaired) electrons. The van der Waals surface area contributed by atoms with Gasteiger partial charge in [0.05, 0.1) is 9.83 Å². The van der Waals surface area contributed by atoms with Gasteiger partial charge in [-0.25, -0.2) is 4.98 Å². The summed E-state index contributed by atoms with van der Waals surface area (Å²) >= 11 is 5.47. The lowest BCUT2D eigenvalue weighted by Crippen LogP contribution is -2.15. The molecule has 3 nitrogen and oxygen atoms in total. The predicted octanol–water partition coefficient (Wildman–Crippen LogP) is 5.45. The maximum Gasteiger partial charge on any atom is 0.192 e. The Kier molecular flexibility index (Phi) is 3.27. The Morgan fingerprint density at radius 1 is 1.38 bits per heavy atom. The molecule has 1 aromatic carbocycles. The largest absolute Gasteiger partial charge is 0.441 e. The number of oxazole rings is 1. The van der Waals surface area contributed by atoms with Crippen LogP contribution >= 0.6 is 27.3 Å². The fraction of sp³-hybridized carbons (Fsp3) is 0.312. The molecule has 1 N–H and O–H groups in total. The van der Waals surface area contributed by atoms with E-state index in [0.717, 1.165) is 16.8 Å². The van der Waals surface area contributed by atoms with Gasteiger partial charge in [-0.1, -0.05) is 0 Å². The van der Waals surface area contributed by atoms with Crippen LogP contribution in [0.5, 0.6) is 0 Å². The minimum absolute atomic E-state index is 0.391. The highest BCUT2D eigenvalue weighted by Crippen LogP contribution is 2.39. The Labute approximate surface area is 135 Å². The van der Waals surface area contributed by atoms with Crippen molar-refractivity contribution < 1.29 is 4.42 Å². The van der Waals surface area contributed by atoms with Crippen molar-refractivity contribution in [3.63, 3.8) is 0 Å². The van der Waals surface area contributed by atoms with Crippen LogP contribution < -0.4 is 5.32 Å². The SMILES string of the molecule is Cc1nc2cc(NC3CCCc4sc(Br)cc43)ccc2o1. The third-order valence-corrected chi connectivity index (χ3v) is 5.63. The number of hydrogen-bond donors (Lipinski definition) is 1.